The Bertz CT molecular complexity index is 161. The Morgan fingerprint density at radius 3 is 1.29 bits per heavy atom. The van der Waals surface area contributed by atoms with Crippen LogP contribution in [0.1, 0.15) is 80.6 Å². The van der Waals surface area contributed by atoms with Crippen molar-refractivity contribution in [1.29, 1.82) is 0 Å². The normalized spacial score (nSPS) is 20.6. The van der Waals surface area contributed by atoms with E-state index in [4.69, 9.17) is 0 Å². The molecule has 0 aromatic carbocycles. The fourth-order valence-electron chi connectivity index (χ4n) is 4.41. The molecule has 0 aliphatic carbocycles. The molecule has 0 saturated heterocycles. The molecule has 0 radical (unpaired) electrons. The molecule has 3 unspecified atom stereocenters. The Hall–Kier alpha value is 0.0649. The molecule has 0 spiro atoms. The van der Waals surface area contributed by atoms with Crippen molar-refractivity contribution in [3.63, 3.8) is 0 Å². The van der Waals surface area contributed by atoms with Gasteiger partial charge in [-0.3, -0.25) is 0 Å². The van der Waals surface area contributed by atoms with Crippen molar-refractivity contribution < 1.29 is 0 Å². The van der Waals surface area contributed by atoms with Crippen molar-refractivity contribution in [2.75, 3.05) is 0 Å². The van der Waals surface area contributed by atoms with Crippen LogP contribution in [0.25, 0.3) is 0 Å². The largest absolute Gasteiger partial charge is 0.177 e. The summed E-state index contributed by atoms with van der Waals surface area (Å²) in [6.07, 6.45) is 8.17. The highest BCUT2D eigenvalue weighted by Crippen LogP contribution is 2.49. The summed E-state index contributed by atoms with van der Waals surface area (Å²) in [6.45, 7) is 17.1. The summed E-state index contributed by atoms with van der Waals surface area (Å²) in [5.74, 6) is 2.77. The fourth-order valence-corrected chi connectivity index (χ4v) is 4.41. The van der Waals surface area contributed by atoms with E-state index in [-0.39, 0.29) is 6.15 Å². The van der Waals surface area contributed by atoms with Crippen LogP contribution in [0.15, 0.2) is 0 Å². The van der Waals surface area contributed by atoms with Gasteiger partial charge in [0.1, 0.15) is 0 Å². The second-order valence-electron chi connectivity index (χ2n) is 6.58. The van der Waals surface area contributed by atoms with Crippen LogP contribution < -0.4 is 0 Å². The Balaban J connectivity index is 5.19. The minimum absolute atomic E-state index is 0.189. The molecule has 0 aromatic heterocycles. The lowest BCUT2D eigenvalue weighted by Gasteiger charge is -2.55. The van der Waals surface area contributed by atoms with Crippen molar-refractivity contribution in [2.24, 2.45) is 0 Å². The van der Waals surface area contributed by atoms with Crippen molar-refractivity contribution in [3.8, 4) is 0 Å². The van der Waals surface area contributed by atoms with E-state index in [9.17, 15) is 0 Å². The van der Waals surface area contributed by atoms with Gasteiger partial charge in [-0.1, -0.05) is 80.6 Å². The van der Waals surface area contributed by atoms with E-state index >= 15 is 0 Å². The molecule has 0 fully saturated rings. The molecule has 0 nitrogen and oxygen atoms in total. The molecule has 0 aliphatic heterocycles. The molecule has 0 N–H and O–H groups in total. The minimum Gasteiger partial charge on any atom is -0.177 e. The van der Waals surface area contributed by atoms with Gasteiger partial charge < -0.3 is 0 Å². The number of hydrogen-bond acceptors (Lipinski definition) is 0. The third-order valence-corrected chi connectivity index (χ3v) is 6.17. The molecular weight excluding hydrogens is 203 g/mol. The number of unbranched alkanes of at least 4 members (excludes halogenated alkanes) is 1. The summed E-state index contributed by atoms with van der Waals surface area (Å²) >= 11 is 0. The average Bonchev–Trinajstić information content (AvgIpc) is 2.37. The molecule has 0 rings (SSSR count). The summed E-state index contributed by atoms with van der Waals surface area (Å²) in [7, 11) is 0. The second-order valence-corrected chi connectivity index (χ2v) is 6.58. The molecule has 104 valence electrons. The maximum absolute atomic E-state index is 2.52. The Kier molecular flexibility index (Phi) is 8.25. The van der Waals surface area contributed by atoms with Crippen molar-refractivity contribution in [3.05, 3.63) is 0 Å². The van der Waals surface area contributed by atoms with Gasteiger partial charge in [0.2, 0.25) is 0 Å². The zero-order valence-corrected chi connectivity index (χ0v) is 13.6. The highest BCUT2D eigenvalue weighted by Gasteiger charge is 2.36. The summed E-state index contributed by atoms with van der Waals surface area (Å²) in [4.78, 5) is 0. The second kappa shape index (κ2) is 8.22. The minimum atomic E-state index is -0.189. The first-order valence-corrected chi connectivity index (χ1v) is 8.19. The average molecular weight is 239 g/mol. The van der Waals surface area contributed by atoms with Crippen LogP contribution in [0, 0.1) is 0 Å². The van der Waals surface area contributed by atoms with Gasteiger partial charge in [0.05, 0.1) is 0 Å². The van der Waals surface area contributed by atoms with Gasteiger partial charge in [-0.2, -0.15) is 23.8 Å². The van der Waals surface area contributed by atoms with Crippen molar-refractivity contribution in [1.82, 2.24) is 0 Å². The Morgan fingerprint density at radius 2 is 1.06 bits per heavy atom. The van der Waals surface area contributed by atoms with Gasteiger partial charge in [0, 0.05) is 6.15 Å². The third kappa shape index (κ3) is 3.76. The van der Waals surface area contributed by atoms with E-state index in [0.717, 1.165) is 17.5 Å². The molecule has 0 amide bonds. The first-order valence-electron chi connectivity index (χ1n) is 8.19. The molecule has 0 bridgehead atoms. The van der Waals surface area contributed by atoms with E-state index in [1.165, 1.54) is 38.4 Å². The zero-order chi connectivity index (χ0) is 13.5. The van der Waals surface area contributed by atoms with Crippen LogP contribution >= 0.6 is 0 Å². The summed E-state index contributed by atoms with van der Waals surface area (Å²) in [6, 6.07) is 0. The van der Waals surface area contributed by atoms with E-state index in [2.05, 4.69) is 48.5 Å². The SMILES string of the molecule is CCCC[B-](C(C)CC)(C(C)CC)C(C)CC. The zero-order valence-electron chi connectivity index (χ0n) is 13.6. The maximum Gasteiger partial charge on any atom is 0.00903 e. The Morgan fingerprint density at radius 1 is 0.706 bits per heavy atom. The predicted molar refractivity (Wildman–Crippen MR) is 84.6 cm³/mol. The lowest BCUT2D eigenvalue weighted by molar-refractivity contribution is 0.663. The van der Waals surface area contributed by atoms with Gasteiger partial charge in [0.25, 0.3) is 0 Å². The van der Waals surface area contributed by atoms with Gasteiger partial charge in [-0.05, 0) is 0 Å². The van der Waals surface area contributed by atoms with Crippen LogP contribution in [0.4, 0.5) is 0 Å². The van der Waals surface area contributed by atoms with Gasteiger partial charge in [-0.15, -0.1) is 0 Å². The van der Waals surface area contributed by atoms with Crippen LogP contribution in [-0.2, 0) is 0 Å². The van der Waals surface area contributed by atoms with E-state index < -0.39 is 0 Å². The van der Waals surface area contributed by atoms with E-state index in [1.807, 2.05) is 0 Å². The standard InChI is InChI=1S/C16H36B/c1-8-12-13-17(14(5)9-2,15(6)10-3)16(7)11-4/h14-16H,8-13H2,1-7H3/q-1. The first kappa shape index (κ1) is 17.1. The van der Waals surface area contributed by atoms with Gasteiger partial charge >= 0.3 is 0 Å². The molecule has 1 heteroatoms. The molecule has 0 heterocycles. The van der Waals surface area contributed by atoms with Crippen LogP contribution in [0.5, 0.6) is 0 Å². The molecule has 0 aliphatic rings. The van der Waals surface area contributed by atoms with E-state index in [1.54, 1.807) is 0 Å². The third-order valence-electron chi connectivity index (χ3n) is 6.17. The molecule has 0 aromatic rings. The summed E-state index contributed by atoms with van der Waals surface area (Å²) in [5, 5.41) is 0. The smallest absolute Gasteiger partial charge is 0.00903 e. The fraction of sp³-hybridized carbons (Fsp3) is 1.00. The maximum atomic E-state index is 2.52. The Labute approximate surface area is 111 Å². The predicted octanol–water partition coefficient (Wildman–Crippen LogP) is 6.64. The molecular formula is C16H36B-. The summed E-state index contributed by atoms with van der Waals surface area (Å²) < 4.78 is 0. The first-order chi connectivity index (χ1) is 8.00. The number of hydrogen-bond donors (Lipinski definition) is 0. The molecule has 17 heavy (non-hydrogen) atoms. The van der Waals surface area contributed by atoms with Crippen LogP contribution in [0.2, 0.25) is 23.8 Å². The van der Waals surface area contributed by atoms with Crippen molar-refractivity contribution in [2.45, 2.75) is 104 Å². The topological polar surface area (TPSA) is 0 Å². The van der Waals surface area contributed by atoms with Gasteiger partial charge in [-0.25, -0.2) is 0 Å². The number of rotatable bonds is 9. The molecule has 3 atom stereocenters. The van der Waals surface area contributed by atoms with Crippen LogP contribution in [-0.4, -0.2) is 6.15 Å². The monoisotopic (exact) mass is 239 g/mol. The quantitative estimate of drug-likeness (QED) is 0.396. The highest BCUT2D eigenvalue weighted by atomic mass is 14.2. The van der Waals surface area contributed by atoms with Crippen molar-refractivity contribution >= 4 is 6.15 Å². The molecule has 0 saturated carbocycles. The van der Waals surface area contributed by atoms with Crippen LogP contribution in [0.3, 0.4) is 0 Å². The van der Waals surface area contributed by atoms with E-state index in [0.29, 0.717) is 0 Å². The summed E-state index contributed by atoms with van der Waals surface area (Å²) in [5.41, 5.74) is 0. The highest BCUT2D eigenvalue weighted by molar-refractivity contribution is 6.83. The van der Waals surface area contributed by atoms with Gasteiger partial charge in [0.15, 0.2) is 0 Å². The lowest BCUT2D eigenvalue weighted by Crippen LogP contribution is -2.46. The lowest BCUT2D eigenvalue weighted by atomic mass is 9.07.